The molecular formula is C18H24N4O4. The van der Waals surface area contributed by atoms with Crippen LogP contribution in [0.25, 0.3) is 0 Å². The molecule has 1 aliphatic heterocycles. The molecule has 1 heterocycles. The molecule has 1 aromatic carbocycles. The Morgan fingerprint density at radius 3 is 2.77 bits per heavy atom. The molecule has 0 aliphatic carbocycles. The highest BCUT2D eigenvalue weighted by atomic mass is 16.5. The Hall–Kier alpha value is -2.76. The number of nitrogens with zero attached hydrogens (tertiary/aromatic N) is 2. The maximum absolute atomic E-state index is 12.2. The SMILES string of the molecule is COc1ccc(N/C=C(/C#N)C(=O)NCCN2CCOCC2)c(OC)c1. The van der Waals surface area contributed by atoms with Crippen LogP contribution in [0, 0.1) is 11.3 Å². The Morgan fingerprint density at radius 2 is 2.12 bits per heavy atom. The van der Waals surface area contributed by atoms with Gasteiger partial charge in [-0.2, -0.15) is 5.26 Å². The summed E-state index contributed by atoms with van der Waals surface area (Å²) in [7, 11) is 3.10. The number of ether oxygens (including phenoxy) is 3. The molecule has 1 aliphatic rings. The second kappa shape index (κ2) is 10.3. The van der Waals surface area contributed by atoms with E-state index in [4.69, 9.17) is 14.2 Å². The van der Waals surface area contributed by atoms with Crippen LogP contribution in [0.4, 0.5) is 5.69 Å². The second-order valence-electron chi connectivity index (χ2n) is 5.59. The van der Waals surface area contributed by atoms with Crippen molar-refractivity contribution in [3.8, 4) is 17.6 Å². The fourth-order valence-electron chi connectivity index (χ4n) is 2.46. The van der Waals surface area contributed by atoms with E-state index in [1.54, 1.807) is 25.3 Å². The number of carbonyl (C=O) groups is 1. The zero-order valence-electron chi connectivity index (χ0n) is 15.1. The van der Waals surface area contributed by atoms with Crippen LogP contribution in [0.5, 0.6) is 11.5 Å². The topological polar surface area (TPSA) is 95.8 Å². The first kappa shape index (κ1) is 19.6. The van der Waals surface area contributed by atoms with Gasteiger partial charge in [-0.15, -0.1) is 0 Å². The van der Waals surface area contributed by atoms with Gasteiger partial charge in [0.25, 0.3) is 5.91 Å². The van der Waals surface area contributed by atoms with Gasteiger partial charge in [-0.1, -0.05) is 0 Å². The van der Waals surface area contributed by atoms with E-state index < -0.39 is 5.91 Å². The molecule has 2 rings (SSSR count). The van der Waals surface area contributed by atoms with Crippen LogP contribution in [0.1, 0.15) is 0 Å². The first-order valence-electron chi connectivity index (χ1n) is 8.35. The summed E-state index contributed by atoms with van der Waals surface area (Å²) in [5.41, 5.74) is 0.618. The van der Waals surface area contributed by atoms with E-state index in [1.807, 2.05) is 6.07 Å². The van der Waals surface area contributed by atoms with Crippen LogP contribution in [-0.4, -0.2) is 64.4 Å². The molecular weight excluding hydrogens is 336 g/mol. The van der Waals surface area contributed by atoms with Gasteiger partial charge in [0.1, 0.15) is 23.1 Å². The number of morpholine rings is 1. The molecule has 2 N–H and O–H groups in total. The average molecular weight is 360 g/mol. The highest BCUT2D eigenvalue weighted by Gasteiger charge is 2.12. The lowest BCUT2D eigenvalue weighted by Crippen LogP contribution is -2.41. The van der Waals surface area contributed by atoms with E-state index in [2.05, 4.69) is 15.5 Å². The van der Waals surface area contributed by atoms with Gasteiger partial charge in [0.05, 0.1) is 33.1 Å². The Kier molecular flexibility index (Phi) is 7.74. The van der Waals surface area contributed by atoms with Crippen molar-refractivity contribution in [2.75, 3.05) is 58.9 Å². The van der Waals surface area contributed by atoms with Crippen LogP contribution in [-0.2, 0) is 9.53 Å². The van der Waals surface area contributed by atoms with Gasteiger partial charge in [-0.05, 0) is 12.1 Å². The molecule has 0 unspecified atom stereocenters. The van der Waals surface area contributed by atoms with Crippen molar-refractivity contribution in [3.05, 3.63) is 30.0 Å². The van der Waals surface area contributed by atoms with Gasteiger partial charge in [0.15, 0.2) is 0 Å². The molecule has 0 spiro atoms. The number of carbonyl (C=O) groups excluding carboxylic acids is 1. The molecule has 1 saturated heterocycles. The van der Waals surface area contributed by atoms with E-state index in [0.29, 0.717) is 36.9 Å². The van der Waals surface area contributed by atoms with E-state index in [1.165, 1.54) is 13.3 Å². The smallest absolute Gasteiger partial charge is 0.263 e. The normalized spacial score (nSPS) is 15.0. The molecule has 26 heavy (non-hydrogen) atoms. The largest absolute Gasteiger partial charge is 0.497 e. The molecule has 8 heteroatoms. The molecule has 8 nitrogen and oxygen atoms in total. The highest BCUT2D eigenvalue weighted by molar-refractivity contribution is 5.97. The fourth-order valence-corrected chi connectivity index (χ4v) is 2.46. The Bertz CT molecular complexity index is 678. The summed E-state index contributed by atoms with van der Waals surface area (Å²) in [4.78, 5) is 14.4. The number of amides is 1. The molecule has 140 valence electrons. The molecule has 0 radical (unpaired) electrons. The van der Waals surface area contributed by atoms with E-state index in [9.17, 15) is 10.1 Å². The first-order valence-corrected chi connectivity index (χ1v) is 8.35. The standard InChI is InChI=1S/C18H24N4O4/c1-24-15-3-4-16(17(11-15)25-2)21-13-14(12-19)18(23)20-5-6-22-7-9-26-10-8-22/h3-4,11,13,21H,5-10H2,1-2H3,(H,20,23)/b14-13-. The summed E-state index contributed by atoms with van der Waals surface area (Å²) in [5, 5.41) is 14.9. The lowest BCUT2D eigenvalue weighted by atomic mass is 10.2. The van der Waals surface area contributed by atoms with Gasteiger partial charge in [0.2, 0.25) is 0 Å². The minimum Gasteiger partial charge on any atom is -0.497 e. The Labute approximate surface area is 153 Å². The third kappa shape index (κ3) is 5.65. The van der Waals surface area contributed by atoms with Crippen molar-refractivity contribution in [2.45, 2.75) is 0 Å². The number of hydrogen-bond donors (Lipinski definition) is 2. The van der Waals surface area contributed by atoms with Crippen molar-refractivity contribution >= 4 is 11.6 Å². The van der Waals surface area contributed by atoms with Crippen LogP contribution in [0.3, 0.4) is 0 Å². The first-order chi connectivity index (χ1) is 12.7. The minimum absolute atomic E-state index is 0.00940. The lowest BCUT2D eigenvalue weighted by Gasteiger charge is -2.26. The van der Waals surface area contributed by atoms with Crippen LogP contribution in [0.15, 0.2) is 30.0 Å². The third-order valence-corrected chi connectivity index (χ3v) is 3.96. The fraction of sp³-hybridized carbons (Fsp3) is 0.444. The van der Waals surface area contributed by atoms with Crippen molar-refractivity contribution in [1.82, 2.24) is 10.2 Å². The number of methoxy groups -OCH3 is 2. The van der Waals surface area contributed by atoms with Crippen molar-refractivity contribution in [2.24, 2.45) is 0 Å². The lowest BCUT2D eigenvalue weighted by molar-refractivity contribution is -0.117. The van der Waals surface area contributed by atoms with E-state index >= 15 is 0 Å². The van der Waals surface area contributed by atoms with Gasteiger partial charge in [-0.3, -0.25) is 9.69 Å². The summed E-state index contributed by atoms with van der Waals surface area (Å²) < 4.78 is 15.7. The zero-order valence-corrected chi connectivity index (χ0v) is 15.1. The number of nitrogens with one attached hydrogen (secondary N) is 2. The monoisotopic (exact) mass is 360 g/mol. The summed E-state index contributed by atoms with van der Waals surface area (Å²) in [6.07, 6.45) is 1.37. The van der Waals surface area contributed by atoms with Crippen LogP contribution in [0.2, 0.25) is 0 Å². The average Bonchev–Trinajstić information content (AvgIpc) is 2.69. The number of anilines is 1. The molecule has 0 atom stereocenters. The molecule has 1 fully saturated rings. The number of rotatable bonds is 8. The van der Waals surface area contributed by atoms with Crippen molar-refractivity contribution in [3.63, 3.8) is 0 Å². The molecule has 0 bridgehead atoms. The van der Waals surface area contributed by atoms with E-state index in [0.717, 1.165) is 19.6 Å². The zero-order chi connectivity index (χ0) is 18.8. The van der Waals surface area contributed by atoms with Crippen LogP contribution >= 0.6 is 0 Å². The van der Waals surface area contributed by atoms with Gasteiger partial charge in [-0.25, -0.2) is 0 Å². The molecule has 1 amide bonds. The summed E-state index contributed by atoms with van der Waals surface area (Å²) in [6, 6.07) is 7.13. The van der Waals surface area contributed by atoms with Gasteiger partial charge in [0, 0.05) is 38.4 Å². The number of nitriles is 1. The Morgan fingerprint density at radius 1 is 1.35 bits per heavy atom. The summed E-state index contributed by atoms with van der Waals surface area (Å²) in [5.74, 6) is 0.782. The summed E-state index contributed by atoms with van der Waals surface area (Å²) in [6.45, 7) is 4.35. The predicted molar refractivity (Wildman–Crippen MR) is 97.1 cm³/mol. The highest BCUT2D eigenvalue weighted by Crippen LogP contribution is 2.29. The summed E-state index contributed by atoms with van der Waals surface area (Å²) >= 11 is 0. The van der Waals surface area contributed by atoms with Crippen molar-refractivity contribution < 1.29 is 19.0 Å². The third-order valence-electron chi connectivity index (χ3n) is 3.96. The Balaban J connectivity index is 1.90. The van der Waals surface area contributed by atoms with Crippen molar-refractivity contribution in [1.29, 1.82) is 5.26 Å². The van der Waals surface area contributed by atoms with Gasteiger partial charge >= 0.3 is 0 Å². The van der Waals surface area contributed by atoms with E-state index in [-0.39, 0.29) is 5.57 Å². The quantitative estimate of drug-likeness (QED) is 0.527. The minimum atomic E-state index is -0.416. The molecule has 1 aromatic rings. The molecule has 0 aromatic heterocycles. The van der Waals surface area contributed by atoms with Gasteiger partial charge < -0.3 is 24.8 Å². The van der Waals surface area contributed by atoms with Crippen LogP contribution < -0.4 is 20.1 Å². The molecule has 0 saturated carbocycles. The number of hydrogen-bond acceptors (Lipinski definition) is 7. The maximum atomic E-state index is 12.2. The predicted octanol–water partition coefficient (Wildman–Crippen LogP) is 0.972. The second-order valence-corrected chi connectivity index (χ2v) is 5.59. The maximum Gasteiger partial charge on any atom is 0.263 e. The number of benzene rings is 1.